The van der Waals surface area contributed by atoms with Crippen molar-refractivity contribution in [2.45, 2.75) is 30.6 Å². The number of thioether (sulfide) groups is 1. The van der Waals surface area contributed by atoms with Gasteiger partial charge in [0, 0.05) is 19.2 Å². The summed E-state index contributed by atoms with van der Waals surface area (Å²) in [5.74, 6) is 8.60. The van der Waals surface area contributed by atoms with Gasteiger partial charge in [-0.3, -0.25) is 9.28 Å². The maximum Gasteiger partial charge on any atom is 0.234 e. The molecule has 0 bridgehead atoms. The highest BCUT2D eigenvalue weighted by Crippen LogP contribution is 2.48. The third-order valence-corrected chi connectivity index (χ3v) is 7.97. The number of carbonyl (C=O) groups excluding carboxylic acids is 1. The standard InChI is InChI=1S/C22H30N3O2S/c1-27-20-9-3-2-8-19(20)25(16-12-23-13-17-25)15-7-6-14-24-21(26)18-28-22(24)10-4-5-11-22/h2-3,8-9,23H,4-5,10-18H2,1H3/q+1. The molecule has 5 nitrogen and oxygen atoms in total. The first-order valence-corrected chi connectivity index (χ1v) is 11.3. The van der Waals surface area contributed by atoms with Gasteiger partial charge in [-0.1, -0.05) is 30.9 Å². The summed E-state index contributed by atoms with van der Waals surface area (Å²) < 4.78 is 6.47. The van der Waals surface area contributed by atoms with Crippen LogP contribution in [0.2, 0.25) is 0 Å². The summed E-state index contributed by atoms with van der Waals surface area (Å²) in [5, 5.41) is 3.46. The van der Waals surface area contributed by atoms with E-state index < -0.39 is 0 Å². The van der Waals surface area contributed by atoms with Crippen LogP contribution < -0.4 is 14.5 Å². The minimum Gasteiger partial charge on any atom is -0.491 e. The lowest BCUT2D eigenvalue weighted by Gasteiger charge is -2.40. The van der Waals surface area contributed by atoms with Gasteiger partial charge in [0.2, 0.25) is 5.91 Å². The Morgan fingerprint density at radius 3 is 2.71 bits per heavy atom. The van der Waals surface area contributed by atoms with E-state index in [1.165, 1.54) is 18.5 Å². The van der Waals surface area contributed by atoms with Gasteiger partial charge in [0.1, 0.15) is 6.54 Å². The van der Waals surface area contributed by atoms with Crippen molar-refractivity contribution in [2.24, 2.45) is 0 Å². The average molecular weight is 401 g/mol. The van der Waals surface area contributed by atoms with Crippen LogP contribution >= 0.6 is 11.8 Å². The number of carbonyl (C=O) groups is 1. The number of ether oxygens (including phenoxy) is 1. The predicted molar refractivity (Wildman–Crippen MR) is 115 cm³/mol. The maximum atomic E-state index is 12.4. The first-order valence-electron chi connectivity index (χ1n) is 10.3. The number of amides is 1. The molecule has 28 heavy (non-hydrogen) atoms. The first-order chi connectivity index (χ1) is 13.7. The second-order valence-corrected chi connectivity index (χ2v) is 9.29. The first kappa shape index (κ1) is 19.6. The van der Waals surface area contributed by atoms with E-state index >= 15 is 0 Å². The molecule has 2 aliphatic heterocycles. The van der Waals surface area contributed by atoms with Crippen LogP contribution in [0, 0.1) is 11.8 Å². The monoisotopic (exact) mass is 400 g/mol. The zero-order valence-electron chi connectivity index (χ0n) is 16.7. The van der Waals surface area contributed by atoms with Crippen molar-refractivity contribution in [3.8, 4) is 17.6 Å². The van der Waals surface area contributed by atoms with E-state index in [9.17, 15) is 4.79 Å². The summed E-state index contributed by atoms with van der Waals surface area (Å²) in [7, 11) is 1.74. The fourth-order valence-electron chi connectivity index (χ4n) is 4.82. The van der Waals surface area contributed by atoms with E-state index in [0.29, 0.717) is 12.3 Å². The van der Waals surface area contributed by atoms with Crippen LogP contribution in [0.25, 0.3) is 0 Å². The SMILES string of the molecule is COc1ccccc1[N+]1(CC#CCN2C(=O)CSC23CCCC3)CCNCC1. The Hall–Kier alpha value is -1.68. The van der Waals surface area contributed by atoms with Gasteiger partial charge in [0.25, 0.3) is 0 Å². The second kappa shape index (κ2) is 8.36. The van der Waals surface area contributed by atoms with Crippen molar-refractivity contribution in [1.29, 1.82) is 0 Å². The molecule has 0 atom stereocenters. The van der Waals surface area contributed by atoms with Gasteiger partial charge in [0.15, 0.2) is 11.4 Å². The largest absolute Gasteiger partial charge is 0.491 e. The molecular weight excluding hydrogens is 370 g/mol. The van der Waals surface area contributed by atoms with E-state index in [-0.39, 0.29) is 10.8 Å². The number of hydrogen-bond acceptors (Lipinski definition) is 4. The smallest absolute Gasteiger partial charge is 0.234 e. The van der Waals surface area contributed by atoms with Gasteiger partial charge in [-0.05, 0) is 24.8 Å². The number of nitrogens with one attached hydrogen (secondary N) is 1. The molecule has 1 N–H and O–H groups in total. The Balaban J connectivity index is 1.51. The summed E-state index contributed by atoms with van der Waals surface area (Å²) in [6, 6.07) is 8.30. The summed E-state index contributed by atoms with van der Waals surface area (Å²) in [6.45, 7) is 5.27. The topological polar surface area (TPSA) is 41.6 Å². The highest BCUT2D eigenvalue weighted by molar-refractivity contribution is 8.01. The molecule has 3 aliphatic rings. The predicted octanol–water partition coefficient (Wildman–Crippen LogP) is 2.45. The molecule has 1 amide bonds. The van der Waals surface area contributed by atoms with Crippen LogP contribution in [0.5, 0.6) is 5.75 Å². The van der Waals surface area contributed by atoms with E-state index in [0.717, 1.165) is 55.8 Å². The number of hydrogen-bond donors (Lipinski definition) is 1. The number of nitrogens with zero attached hydrogens (tertiary/aromatic N) is 2. The highest BCUT2D eigenvalue weighted by Gasteiger charge is 2.47. The highest BCUT2D eigenvalue weighted by atomic mass is 32.2. The number of rotatable bonds is 4. The maximum absolute atomic E-state index is 12.4. The quantitative estimate of drug-likeness (QED) is 0.623. The molecule has 2 saturated heterocycles. The van der Waals surface area contributed by atoms with Crippen molar-refractivity contribution in [3.63, 3.8) is 0 Å². The number of quaternary nitrogens is 1. The van der Waals surface area contributed by atoms with Gasteiger partial charge < -0.3 is 15.0 Å². The minimum atomic E-state index is 0.0374. The molecule has 3 fully saturated rings. The third kappa shape index (κ3) is 3.63. The fourth-order valence-corrected chi connectivity index (χ4v) is 6.27. The lowest BCUT2D eigenvalue weighted by Crippen LogP contribution is -2.60. The van der Waals surface area contributed by atoms with E-state index in [4.69, 9.17) is 4.74 Å². The molecule has 0 unspecified atom stereocenters. The molecule has 1 spiro atoms. The molecule has 150 valence electrons. The molecular formula is C22H30N3O2S+. The molecule has 1 aromatic carbocycles. The molecule has 1 aromatic rings. The Morgan fingerprint density at radius 2 is 1.96 bits per heavy atom. The van der Waals surface area contributed by atoms with Crippen molar-refractivity contribution in [2.75, 3.05) is 52.1 Å². The molecule has 4 rings (SSSR count). The zero-order chi connectivity index (χ0) is 19.5. The van der Waals surface area contributed by atoms with E-state index in [1.807, 2.05) is 23.9 Å². The van der Waals surface area contributed by atoms with Gasteiger partial charge in [0.05, 0.1) is 37.4 Å². The van der Waals surface area contributed by atoms with Crippen molar-refractivity contribution < 1.29 is 9.53 Å². The molecule has 6 heteroatoms. The van der Waals surface area contributed by atoms with E-state index in [1.54, 1.807) is 7.11 Å². The fraction of sp³-hybridized carbons (Fsp3) is 0.591. The summed E-state index contributed by atoms with van der Waals surface area (Å²) >= 11 is 1.84. The summed E-state index contributed by atoms with van der Waals surface area (Å²) in [5.41, 5.74) is 1.21. The number of benzene rings is 1. The molecule has 1 aliphatic carbocycles. The molecule has 2 heterocycles. The lowest BCUT2D eigenvalue weighted by molar-refractivity contribution is -0.129. The Bertz CT molecular complexity index is 773. The van der Waals surface area contributed by atoms with Gasteiger partial charge in [-0.25, -0.2) is 0 Å². The van der Waals surface area contributed by atoms with Crippen molar-refractivity contribution in [3.05, 3.63) is 24.3 Å². The third-order valence-electron chi connectivity index (χ3n) is 6.42. The number of methoxy groups -OCH3 is 1. The summed E-state index contributed by atoms with van der Waals surface area (Å²) in [4.78, 5) is 14.5. The van der Waals surface area contributed by atoms with Gasteiger partial charge >= 0.3 is 0 Å². The Morgan fingerprint density at radius 1 is 1.21 bits per heavy atom. The minimum absolute atomic E-state index is 0.0374. The number of para-hydroxylation sites is 2. The molecule has 0 aromatic heterocycles. The molecule has 0 radical (unpaired) electrons. The average Bonchev–Trinajstić information content (AvgIpc) is 3.34. The normalized spacial score (nSPS) is 22.9. The number of piperazine rings is 1. The van der Waals surface area contributed by atoms with Crippen LogP contribution in [-0.2, 0) is 4.79 Å². The van der Waals surface area contributed by atoms with E-state index in [2.05, 4.69) is 34.2 Å². The van der Waals surface area contributed by atoms with Gasteiger partial charge in [-0.2, -0.15) is 0 Å². The Kier molecular flexibility index (Phi) is 5.86. The second-order valence-electron chi connectivity index (χ2n) is 7.95. The Labute approximate surface area is 172 Å². The van der Waals surface area contributed by atoms with Gasteiger partial charge in [-0.15, -0.1) is 11.8 Å². The van der Waals surface area contributed by atoms with Crippen LogP contribution in [0.3, 0.4) is 0 Å². The van der Waals surface area contributed by atoms with Crippen molar-refractivity contribution in [1.82, 2.24) is 14.7 Å². The lowest BCUT2D eigenvalue weighted by atomic mass is 10.1. The van der Waals surface area contributed by atoms with Crippen LogP contribution in [0.15, 0.2) is 24.3 Å². The van der Waals surface area contributed by atoms with Crippen LogP contribution in [-0.4, -0.2) is 67.8 Å². The van der Waals surface area contributed by atoms with Crippen molar-refractivity contribution >= 4 is 23.4 Å². The summed E-state index contributed by atoms with van der Waals surface area (Å²) in [6.07, 6.45) is 4.70. The zero-order valence-corrected chi connectivity index (χ0v) is 17.5. The molecule has 1 saturated carbocycles. The van der Waals surface area contributed by atoms with Crippen LogP contribution in [0.4, 0.5) is 5.69 Å². The van der Waals surface area contributed by atoms with Crippen LogP contribution in [0.1, 0.15) is 25.7 Å².